The van der Waals surface area contributed by atoms with Crippen molar-refractivity contribution in [3.8, 4) is 0 Å². The van der Waals surface area contributed by atoms with Crippen LogP contribution in [-0.4, -0.2) is 47.3 Å². The molecule has 1 unspecified atom stereocenters. The molecule has 1 aromatic rings. The zero-order chi connectivity index (χ0) is 13.1. The fourth-order valence-electron chi connectivity index (χ4n) is 2.53. The molecule has 0 amide bonds. The standard InChI is InChI=1S/C13H23N3OS/c1-10(2)12-8-14-13(18)16(12)11(3)9-15-4-6-17-7-5-15/h8,10-11H,4-7,9H2,1-3H3,(H,14,18). The van der Waals surface area contributed by atoms with Crippen LogP contribution in [0, 0.1) is 4.77 Å². The van der Waals surface area contributed by atoms with E-state index in [2.05, 4.69) is 35.2 Å². The molecule has 102 valence electrons. The third-order valence-electron chi connectivity index (χ3n) is 3.50. The van der Waals surface area contributed by atoms with E-state index >= 15 is 0 Å². The minimum absolute atomic E-state index is 0.402. The largest absolute Gasteiger partial charge is 0.379 e. The Balaban J connectivity index is 2.10. The van der Waals surface area contributed by atoms with E-state index in [0.29, 0.717) is 12.0 Å². The van der Waals surface area contributed by atoms with E-state index in [-0.39, 0.29) is 0 Å². The van der Waals surface area contributed by atoms with E-state index in [1.165, 1.54) is 5.69 Å². The van der Waals surface area contributed by atoms with E-state index in [1.807, 2.05) is 6.20 Å². The van der Waals surface area contributed by atoms with Crippen molar-refractivity contribution in [2.75, 3.05) is 32.8 Å². The normalized spacial score (nSPS) is 19.3. The summed E-state index contributed by atoms with van der Waals surface area (Å²) in [5.74, 6) is 0.491. The molecule has 2 rings (SSSR count). The monoisotopic (exact) mass is 269 g/mol. The van der Waals surface area contributed by atoms with Crippen molar-refractivity contribution >= 4 is 12.2 Å². The number of hydrogen-bond donors (Lipinski definition) is 1. The van der Waals surface area contributed by atoms with Crippen LogP contribution in [0.2, 0.25) is 0 Å². The second kappa shape index (κ2) is 5.99. The first-order valence-electron chi connectivity index (χ1n) is 6.69. The molecule has 1 aliphatic heterocycles. The fraction of sp³-hybridized carbons (Fsp3) is 0.769. The Morgan fingerprint density at radius 3 is 2.61 bits per heavy atom. The van der Waals surface area contributed by atoms with Gasteiger partial charge in [-0.2, -0.15) is 0 Å². The lowest BCUT2D eigenvalue weighted by molar-refractivity contribution is 0.0323. The lowest BCUT2D eigenvalue weighted by Gasteiger charge is -2.30. The first-order chi connectivity index (χ1) is 8.59. The van der Waals surface area contributed by atoms with Crippen molar-refractivity contribution in [2.24, 2.45) is 0 Å². The molecule has 0 spiro atoms. The second-order valence-corrected chi connectivity index (χ2v) is 5.69. The van der Waals surface area contributed by atoms with Crippen LogP contribution in [0.15, 0.2) is 6.20 Å². The highest BCUT2D eigenvalue weighted by molar-refractivity contribution is 7.71. The van der Waals surface area contributed by atoms with Crippen molar-refractivity contribution in [1.82, 2.24) is 14.5 Å². The summed E-state index contributed by atoms with van der Waals surface area (Å²) in [5.41, 5.74) is 1.29. The predicted molar refractivity (Wildman–Crippen MR) is 75.7 cm³/mol. The maximum atomic E-state index is 5.40. The molecular weight excluding hydrogens is 246 g/mol. The molecule has 1 atom stereocenters. The van der Waals surface area contributed by atoms with Crippen molar-refractivity contribution in [1.29, 1.82) is 0 Å². The molecule has 1 N–H and O–H groups in total. The van der Waals surface area contributed by atoms with Crippen molar-refractivity contribution in [3.05, 3.63) is 16.7 Å². The van der Waals surface area contributed by atoms with Gasteiger partial charge in [0.15, 0.2) is 4.77 Å². The summed E-state index contributed by atoms with van der Waals surface area (Å²) in [6.45, 7) is 11.4. The van der Waals surface area contributed by atoms with Crippen LogP contribution < -0.4 is 0 Å². The fourth-order valence-corrected chi connectivity index (χ4v) is 2.87. The summed E-state index contributed by atoms with van der Waals surface area (Å²) < 4.78 is 8.47. The van der Waals surface area contributed by atoms with Crippen LogP contribution in [-0.2, 0) is 4.74 Å². The summed E-state index contributed by atoms with van der Waals surface area (Å²) in [5, 5.41) is 0. The molecule has 1 aromatic heterocycles. The number of aromatic nitrogens is 2. The summed E-state index contributed by atoms with van der Waals surface area (Å²) in [4.78, 5) is 5.62. The van der Waals surface area contributed by atoms with E-state index in [9.17, 15) is 0 Å². The van der Waals surface area contributed by atoms with Crippen LogP contribution in [0.4, 0.5) is 0 Å². The number of morpholine rings is 1. The second-order valence-electron chi connectivity index (χ2n) is 5.31. The van der Waals surface area contributed by atoms with E-state index < -0.39 is 0 Å². The molecule has 18 heavy (non-hydrogen) atoms. The summed E-state index contributed by atoms with van der Waals surface area (Å²) in [6.07, 6.45) is 2.04. The van der Waals surface area contributed by atoms with Crippen LogP contribution >= 0.6 is 12.2 Å². The van der Waals surface area contributed by atoms with Gasteiger partial charge >= 0.3 is 0 Å². The van der Waals surface area contributed by atoms with Gasteiger partial charge in [-0.05, 0) is 25.1 Å². The molecule has 1 aliphatic rings. The molecule has 2 heterocycles. The molecule has 0 aliphatic carbocycles. The molecule has 4 nitrogen and oxygen atoms in total. The van der Waals surface area contributed by atoms with E-state index in [1.54, 1.807) is 0 Å². The average molecular weight is 269 g/mol. The molecule has 0 radical (unpaired) electrons. The lowest BCUT2D eigenvalue weighted by atomic mass is 10.1. The van der Waals surface area contributed by atoms with Crippen LogP contribution in [0.1, 0.15) is 38.4 Å². The zero-order valence-corrected chi connectivity index (χ0v) is 12.3. The van der Waals surface area contributed by atoms with Gasteiger partial charge in [-0.25, -0.2) is 0 Å². The number of aromatic amines is 1. The SMILES string of the molecule is CC(C)c1c[nH]c(=S)n1C(C)CN1CCOCC1. The number of H-pyrrole nitrogens is 1. The Kier molecular flexibility index (Phi) is 4.59. The van der Waals surface area contributed by atoms with Gasteiger partial charge in [-0.1, -0.05) is 13.8 Å². The third-order valence-corrected chi connectivity index (χ3v) is 3.81. The molecule has 5 heteroatoms. The smallest absolute Gasteiger partial charge is 0.177 e. The summed E-state index contributed by atoms with van der Waals surface area (Å²) >= 11 is 5.40. The predicted octanol–water partition coefficient (Wildman–Crippen LogP) is 2.56. The number of imidazole rings is 1. The van der Waals surface area contributed by atoms with E-state index in [4.69, 9.17) is 17.0 Å². The topological polar surface area (TPSA) is 33.2 Å². The summed E-state index contributed by atoms with van der Waals surface area (Å²) in [6, 6.07) is 0.402. The highest BCUT2D eigenvalue weighted by Gasteiger charge is 2.18. The van der Waals surface area contributed by atoms with Crippen LogP contribution in [0.5, 0.6) is 0 Å². The van der Waals surface area contributed by atoms with Crippen molar-refractivity contribution in [2.45, 2.75) is 32.7 Å². The average Bonchev–Trinajstić information content (AvgIpc) is 2.72. The number of nitrogens with one attached hydrogen (secondary N) is 1. The highest BCUT2D eigenvalue weighted by Crippen LogP contribution is 2.20. The molecule has 1 saturated heterocycles. The first-order valence-corrected chi connectivity index (χ1v) is 7.10. The molecule has 0 saturated carbocycles. The Hall–Kier alpha value is -0.650. The maximum absolute atomic E-state index is 5.40. The van der Waals surface area contributed by atoms with Gasteiger partial charge in [0.1, 0.15) is 0 Å². The van der Waals surface area contributed by atoms with Gasteiger partial charge in [-0.15, -0.1) is 0 Å². The highest BCUT2D eigenvalue weighted by atomic mass is 32.1. The minimum atomic E-state index is 0.402. The van der Waals surface area contributed by atoms with Gasteiger partial charge in [-0.3, -0.25) is 4.90 Å². The van der Waals surface area contributed by atoms with Crippen LogP contribution in [0.3, 0.4) is 0 Å². The van der Waals surface area contributed by atoms with Gasteiger partial charge < -0.3 is 14.3 Å². The minimum Gasteiger partial charge on any atom is -0.379 e. The van der Waals surface area contributed by atoms with Crippen molar-refractivity contribution in [3.63, 3.8) is 0 Å². The molecule has 0 bridgehead atoms. The number of ether oxygens (including phenoxy) is 1. The van der Waals surface area contributed by atoms with Crippen LogP contribution in [0.25, 0.3) is 0 Å². The van der Waals surface area contributed by atoms with Gasteiger partial charge in [0, 0.05) is 37.6 Å². The Morgan fingerprint density at radius 1 is 1.33 bits per heavy atom. The summed E-state index contributed by atoms with van der Waals surface area (Å²) in [7, 11) is 0. The Bertz CT molecular complexity index is 432. The molecule has 0 aromatic carbocycles. The van der Waals surface area contributed by atoms with Gasteiger partial charge in [0.05, 0.1) is 13.2 Å². The zero-order valence-electron chi connectivity index (χ0n) is 11.5. The Morgan fingerprint density at radius 2 is 2.00 bits per heavy atom. The van der Waals surface area contributed by atoms with Gasteiger partial charge in [0.2, 0.25) is 0 Å². The van der Waals surface area contributed by atoms with Crippen molar-refractivity contribution < 1.29 is 4.74 Å². The number of rotatable bonds is 4. The molecule has 1 fully saturated rings. The Labute approximate surface area is 114 Å². The maximum Gasteiger partial charge on any atom is 0.177 e. The molecular formula is C13H23N3OS. The number of nitrogens with zero attached hydrogens (tertiary/aromatic N) is 2. The number of hydrogen-bond acceptors (Lipinski definition) is 3. The first kappa shape index (κ1) is 13.8. The van der Waals surface area contributed by atoms with E-state index in [0.717, 1.165) is 37.6 Å². The lowest BCUT2D eigenvalue weighted by Crippen LogP contribution is -2.39. The quantitative estimate of drug-likeness (QED) is 0.853. The van der Waals surface area contributed by atoms with Gasteiger partial charge in [0.25, 0.3) is 0 Å². The third kappa shape index (κ3) is 3.02.